The molecule has 1 unspecified atom stereocenters. The molecule has 105 heavy (non-hydrogen) atoms. The second kappa shape index (κ2) is 53.8. The number of aliphatic carboxylic acids is 1. The minimum absolute atomic E-state index is 0.0286. The first-order chi connectivity index (χ1) is 50.4. The number of nitrogens with one attached hydrogen (secondary N) is 9. The number of hydrogen-bond donors (Lipinski definition) is 14. The van der Waals surface area contributed by atoms with E-state index in [9.17, 15) is 67.2 Å². The summed E-state index contributed by atoms with van der Waals surface area (Å²) in [7, 11) is -1.35. The molecule has 1 heterocycles. The zero-order valence-corrected chi connectivity index (χ0v) is 61.8. The SMILES string of the molecule is CC(C)C[C@H](NC(=O)CNC(=O)CCc1cccc2c1oc1c(CCNC(=O)CNC(=O)[C@H](CCCCN)NC(=O)[C@H](CC(N)=O)NC(=O)[C@H](CO)NC(=O)CCOCCOCCOCCOCCOCCOCCOCCOCCN)cccc12)C(=O)N[C@@H](CCS(C)=O)C(=O)N[C@H](C(=O)O)C(C)C. The molecule has 592 valence electrons. The van der Waals surface area contributed by atoms with Crippen molar-refractivity contribution >= 4 is 97.8 Å². The van der Waals surface area contributed by atoms with E-state index >= 15 is 0 Å². The van der Waals surface area contributed by atoms with Gasteiger partial charge in [0.05, 0.1) is 132 Å². The van der Waals surface area contributed by atoms with Gasteiger partial charge in [-0.1, -0.05) is 64.1 Å². The normalized spacial score (nSPS) is 13.4. The van der Waals surface area contributed by atoms with E-state index in [1.54, 1.807) is 19.9 Å². The first-order valence-electron chi connectivity index (χ1n) is 35.4. The van der Waals surface area contributed by atoms with Gasteiger partial charge in [-0.3, -0.25) is 52.2 Å². The van der Waals surface area contributed by atoms with E-state index in [4.69, 9.17) is 59.5 Å². The van der Waals surface area contributed by atoms with Crippen molar-refractivity contribution in [2.75, 3.05) is 157 Å². The molecule has 3 rings (SSSR count). The van der Waals surface area contributed by atoms with Crippen molar-refractivity contribution in [3.8, 4) is 0 Å². The lowest BCUT2D eigenvalue weighted by Gasteiger charge is -2.26. The van der Waals surface area contributed by atoms with E-state index < -0.39 is 144 Å². The lowest BCUT2D eigenvalue weighted by molar-refractivity contribution is -0.143. The maximum atomic E-state index is 13.7. The molecular weight excluding hydrogens is 1400 g/mol. The number of fused-ring (bicyclic) bond motifs is 3. The van der Waals surface area contributed by atoms with Crippen LogP contribution in [0.2, 0.25) is 0 Å². The van der Waals surface area contributed by atoms with Crippen molar-refractivity contribution < 1.29 is 109 Å². The Hall–Kier alpha value is -7.88. The highest BCUT2D eigenvalue weighted by Gasteiger charge is 2.33. The first-order valence-corrected chi connectivity index (χ1v) is 37.1. The lowest BCUT2D eigenvalue weighted by Crippen LogP contribution is -2.58. The van der Waals surface area contributed by atoms with Gasteiger partial charge < -0.3 is 118 Å². The van der Waals surface area contributed by atoms with Gasteiger partial charge in [-0.25, -0.2) is 4.79 Å². The number of carboxylic acid groups (broad SMARTS) is 1. The van der Waals surface area contributed by atoms with Gasteiger partial charge in [0.1, 0.15) is 47.4 Å². The van der Waals surface area contributed by atoms with Gasteiger partial charge in [0.25, 0.3) is 0 Å². The van der Waals surface area contributed by atoms with Crippen molar-refractivity contribution in [2.45, 2.75) is 128 Å². The molecule has 0 saturated carbocycles. The highest BCUT2D eigenvalue weighted by molar-refractivity contribution is 7.84. The third kappa shape index (κ3) is 38.8. The van der Waals surface area contributed by atoms with E-state index in [-0.39, 0.29) is 96.1 Å². The maximum absolute atomic E-state index is 13.7. The fourth-order valence-corrected chi connectivity index (χ4v) is 10.7. The number of nitrogens with two attached hydrogens (primary N) is 3. The van der Waals surface area contributed by atoms with Gasteiger partial charge in [0.15, 0.2) is 0 Å². The molecule has 0 bridgehead atoms. The lowest BCUT2D eigenvalue weighted by atomic mass is 10.0. The number of aliphatic hydroxyl groups is 1. The fourth-order valence-electron chi connectivity index (χ4n) is 10.1. The van der Waals surface area contributed by atoms with Crippen LogP contribution < -0.4 is 65.1 Å². The molecule has 0 aliphatic carbocycles. The molecule has 0 aliphatic rings. The van der Waals surface area contributed by atoms with Crippen LogP contribution in [0.15, 0.2) is 40.8 Å². The predicted octanol–water partition coefficient (Wildman–Crippen LogP) is -2.65. The molecule has 17 N–H and O–H groups in total. The van der Waals surface area contributed by atoms with Gasteiger partial charge in [-0.2, -0.15) is 0 Å². The molecule has 0 radical (unpaired) electrons. The zero-order chi connectivity index (χ0) is 77.3. The average molecular weight is 1510 g/mol. The van der Waals surface area contributed by atoms with E-state index in [0.29, 0.717) is 115 Å². The summed E-state index contributed by atoms with van der Waals surface area (Å²) in [5.74, 6) is -9.54. The first kappa shape index (κ1) is 91.3. The molecule has 2 aromatic carbocycles. The van der Waals surface area contributed by atoms with E-state index in [1.165, 1.54) is 6.26 Å². The number of rotatable bonds is 61. The molecule has 1 aromatic heterocycles. The topological polar surface area (TPSA) is 519 Å². The standard InChI is InChI=1S/C69H112N12O23S/c1-45(2)40-53(66(90)79-52(19-39-105(5)95)65(89)81-61(46(3)4)69(93)94)76-60(87)43-74-57(84)16-15-47-10-8-12-49-50-13-9-11-48(63(50)104-62(47)49)17-22-73-59(86)42-75-64(88)51(14-6-7-20-70)78-67(91)54(41-56(72)83)80-68(92)55(44-82)77-58(85)18-23-96-25-27-98-29-31-100-33-35-102-37-38-103-36-34-101-32-30-99-28-26-97-24-21-71/h8-13,45-46,51-55,61,82H,6-7,14-44,70-71H2,1-5H3,(H2,72,83)(H,73,86)(H,74,84)(H,75,88)(H,76,87)(H,77,85)(H,78,91)(H,79,90)(H,80,92)(H,81,89)(H,93,94)/t51-,52-,53-,54-,55-,61-,105?/m0/s1. The third-order valence-corrected chi connectivity index (χ3v) is 16.4. The Bertz CT molecular complexity index is 3180. The number of carbonyl (C=O) groups excluding carboxylic acids is 10. The van der Waals surface area contributed by atoms with Crippen molar-refractivity contribution in [3.05, 3.63) is 47.5 Å². The Kier molecular flexibility index (Phi) is 46.8. The van der Waals surface area contributed by atoms with Gasteiger partial charge in [-0.05, 0) is 74.5 Å². The number of benzene rings is 2. The number of ether oxygens (including phenoxy) is 8. The van der Waals surface area contributed by atoms with Crippen molar-refractivity contribution in [2.24, 2.45) is 29.0 Å². The summed E-state index contributed by atoms with van der Waals surface area (Å²) in [6.45, 7) is 11.5. The van der Waals surface area contributed by atoms with Crippen molar-refractivity contribution in [1.82, 2.24) is 47.9 Å². The summed E-state index contributed by atoms with van der Waals surface area (Å²) in [6, 6.07) is 2.87. The zero-order valence-electron chi connectivity index (χ0n) is 61.0. The molecule has 10 amide bonds. The summed E-state index contributed by atoms with van der Waals surface area (Å²) in [5, 5.41) is 43.9. The van der Waals surface area contributed by atoms with Gasteiger partial charge in [0.2, 0.25) is 59.1 Å². The highest BCUT2D eigenvalue weighted by atomic mass is 32.2. The van der Waals surface area contributed by atoms with Crippen molar-refractivity contribution in [1.29, 1.82) is 0 Å². The number of hydrogen-bond acceptors (Lipinski definition) is 24. The van der Waals surface area contributed by atoms with Crippen LogP contribution in [-0.4, -0.2) is 273 Å². The van der Waals surface area contributed by atoms with Gasteiger partial charge in [-0.15, -0.1) is 0 Å². The molecule has 0 spiro atoms. The van der Waals surface area contributed by atoms with E-state index in [0.717, 1.165) is 16.3 Å². The van der Waals surface area contributed by atoms with Crippen LogP contribution in [0.3, 0.4) is 0 Å². The van der Waals surface area contributed by atoms with Crippen LogP contribution in [0.4, 0.5) is 0 Å². The van der Waals surface area contributed by atoms with Crippen LogP contribution in [0, 0.1) is 11.8 Å². The predicted molar refractivity (Wildman–Crippen MR) is 386 cm³/mol. The Labute approximate surface area is 614 Å². The maximum Gasteiger partial charge on any atom is 0.326 e. The Morgan fingerprint density at radius 1 is 0.486 bits per heavy atom. The smallest absolute Gasteiger partial charge is 0.326 e. The third-order valence-electron chi connectivity index (χ3n) is 15.6. The quantitative estimate of drug-likeness (QED) is 0.0257. The largest absolute Gasteiger partial charge is 0.480 e. The highest BCUT2D eigenvalue weighted by Crippen LogP contribution is 2.33. The number of para-hydroxylation sites is 2. The summed E-state index contributed by atoms with van der Waals surface area (Å²) in [5.41, 5.74) is 19.0. The summed E-state index contributed by atoms with van der Waals surface area (Å²) >= 11 is 0. The monoisotopic (exact) mass is 1510 g/mol. The summed E-state index contributed by atoms with van der Waals surface area (Å²) in [6.07, 6.45) is 1.87. The number of unbranched alkanes of at least 4 members (excludes halogenated alkanes) is 1. The number of aryl methyl sites for hydroxylation is 1. The Morgan fingerprint density at radius 3 is 1.44 bits per heavy atom. The number of carbonyl (C=O) groups is 11. The molecule has 35 nitrogen and oxygen atoms in total. The Balaban J connectivity index is 1.44. The minimum Gasteiger partial charge on any atom is -0.480 e. The molecule has 0 saturated heterocycles. The van der Waals surface area contributed by atoms with Gasteiger partial charge in [0, 0.05) is 59.5 Å². The van der Waals surface area contributed by atoms with Crippen LogP contribution in [0.25, 0.3) is 21.9 Å². The van der Waals surface area contributed by atoms with E-state index in [2.05, 4.69) is 47.9 Å². The second-order valence-electron chi connectivity index (χ2n) is 25.0. The van der Waals surface area contributed by atoms with Gasteiger partial charge >= 0.3 is 5.97 Å². The number of amides is 10. The molecule has 0 aliphatic heterocycles. The second-order valence-corrected chi connectivity index (χ2v) is 26.6. The molecule has 36 heteroatoms. The molecular formula is C69H112N12O23S. The molecule has 3 aromatic rings. The van der Waals surface area contributed by atoms with Crippen LogP contribution >= 0.6 is 0 Å². The summed E-state index contributed by atoms with van der Waals surface area (Å²) in [4.78, 5) is 144. The van der Waals surface area contributed by atoms with Crippen LogP contribution in [-0.2, 0) is 114 Å². The van der Waals surface area contributed by atoms with Crippen LogP contribution in [0.5, 0.6) is 0 Å². The number of primary amides is 1. The van der Waals surface area contributed by atoms with Crippen LogP contribution in [0.1, 0.15) is 90.2 Å². The number of furan rings is 1. The fraction of sp³-hybridized carbons (Fsp3) is 0.667. The number of carboxylic acids is 1. The van der Waals surface area contributed by atoms with Crippen molar-refractivity contribution in [3.63, 3.8) is 0 Å². The minimum atomic E-state index is -1.65. The van der Waals surface area contributed by atoms with E-state index in [1.807, 2.05) is 44.2 Å². The summed E-state index contributed by atoms with van der Waals surface area (Å²) < 4.78 is 61.8. The molecule has 7 atom stereocenters. The Morgan fingerprint density at radius 2 is 0.952 bits per heavy atom. The number of aliphatic hydroxyl groups excluding tert-OH is 1. The average Bonchev–Trinajstić information content (AvgIpc) is 1.62. The molecule has 0 fully saturated rings.